The van der Waals surface area contributed by atoms with Crippen LogP contribution in [0.15, 0.2) is 28.7 Å². The first-order valence-electron chi connectivity index (χ1n) is 5.17. The van der Waals surface area contributed by atoms with Crippen LogP contribution in [0.5, 0.6) is 0 Å². The van der Waals surface area contributed by atoms with E-state index in [0.29, 0.717) is 10.0 Å². The van der Waals surface area contributed by atoms with E-state index in [-0.39, 0.29) is 11.8 Å². The Balaban J connectivity index is 2.63. The zero-order chi connectivity index (χ0) is 13.1. The molecule has 1 aromatic carbocycles. The molecule has 1 aromatic rings. The van der Waals surface area contributed by atoms with E-state index in [1.165, 1.54) is 0 Å². The summed E-state index contributed by atoms with van der Waals surface area (Å²) in [6.07, 6.45) is 0. The molecule has 0 bridgehead atoms. The van der Waals surface area contributed by atoms with Gasteiger partial charge in [0.05, 0.1) is 5.56 Å². The van der Waals surface area contributed by atoms with Gasteiger partial charge in [0.25, 0.3) is 5.91 Å². The summed E-state index contributed by atoms with van der Waals surface area (Å²) >= 11 is 3.27. The number of hydrazine groups is 1. The standard InChI is InChI=1S/C12H15BrN2O2/c1-12(2,3)11(17)15-14-10(16)8-6-4-5-7-9(8)13/h4-7H,1-3H3,(H,14,16)(H,15,17). The van der Waals surface area contributed by atoms with E-state index in [9.17, 15) is 9.59 Å². The third kappa shape index (κ3) is 3.85. The van der Waals surface area contributed by atoms with Gasteiger partial charge in [-0.05, 0) is 28.1 Å². The van der Waals surface area contributed by atoms with Crippen LogP contribution in [0.25, 0.3) is 0 Å². The number of carbonyl (C=O) groups is 2. The number of benzene rings is 1. The van der Waals surface area contributed by atoms with Crippen molar-refractivity contribution in [1.29, 1.82) is 0 Å². The molecule has 0 aromatic heterocycles. The van der Waals surface area contributed by atoms with E-state index in [2.05, 4.69) is 26.8 Å². The van der Waals surface area contributed by atoms with Crippen molar-refractivity contribution in [1.82, 2.24) is 10.9 Å². The Labute approximate surface area is 109 Å². The average Bonchev–Trinajstić information content (AvgIpc) is 2.24. The topological polar surface area (TPSA) is 58.2 Å². The van der Waals surface area contributed by atoms with Crippen molar-refractivity contribution in [3.05, 3.63) is 34.3 Å². The van der Waals surface area contributed by atoms with Crippen LogP contribution in [0.3, 0.4) is 0 Å². The lowest BCUT2D eigenvalue weighted by Gasteiger charge is -2.18. The Morgan fingerprint density at radius 1 is 1.12 bits per heavy atom. The first kappa shape index (κ1) is 13.7. The Bertz CT molecular complexity index is 438. The van der Waals surface area contributed by atoms with Crippen molar-refractivity contribution in [2.75, 3.05) is 0 Å². The first-order chi connectivity index (χ1) is 7.82. The van der Waals surface area contributed by atoms with Crippen LogP contribution < -0.4 is 10.9 Å². The van der Waals surface area contributed by atoms with Crippen LogP contribution in [0.2, 0.25) is 0 Å². The van der Waals surface area contributed by atoms with Gasteiger partial charge in [-0.1, -0.05) is 32.9 Å². The molecule has 92 valence electrons. The molecule has 4 nitrogen and oxygen atoms in total. The Morgan fingerprint density at radius 2 is 1.71 bits per heavy atom. The quantitative estimate of drug-likeness (QED) is 0.781. The maximum atomic E-state index is 11.7. The largest absolute Gasteiger partial charge is 0.273 e. The number of hydrogen-bond acceptors (Lipinski definition) is 2. The molecule has 0 radical (unpaired) electrons. The van der Waals surface area contributed by atoms with Crippen LogP contribution in [0.1, 0.15) is 31.1 Å². The van der Waals surface area contributed by atoms with Crippen molar-refractivity contribution >= 4 is 27.7 Å². The average molecular weight is 299 g/mol. The van der Waals surface area contributed by atoms with E-state index in [0.717, 1.165) is 0 Å². The molecule has 0 unspecified atom stereocenters. The van der Waals surface area contributed by atoms with E-state index >= 15 is 0 Å². The van der Waals surface area contributed by atoms with Crippen molar-refractivity contribution in [2.24, 2.45) is 5.41 Å². The molecule has 0 spiro atoms. The van der Waals surface area contributed by atoms with Crippen LogP contribution in [0.4, 0.5) is 0 Å². The lowest BCUT2D eigenvalue weighted by atomic mass is 9.96. The molecule has 0 fully saturated rings. The van der Waals surface area contributed by atoms with Crippen molar-refractivity contribution in [3.8, 4) is 0 Å². The molecule has 0 aliphatic rings. The predicted octanol–water partition coefficient (Wildman–Crippen LogP) is 2.26. The highest BCUT2D eigenvalue weighted by Crippen LogP contribution is 2.15. The van der Waals surface area contributed by atoms with Gasteiger partial charge < -0.3 is 0 Å². The van der Waals surface area contributed by atoms with Gasteiger partial charge >= 0.3 is 0 Å². The normalized spacial score (nSPS) is 10.8. The number of rotatable bonds is 1. The zero-order valence-electron chi connectivity index (χ0n) is 10.0. The lowest BCUT2D eigenvalue weighted by molar-refractivity contribution is -0.129. The highest BCUT2D eigenvalue weighted by atomic mass is 79.9. The molecule has 2 N–H and O–H groups in total. The van der Waals surface area contributed by atoms with E-state index < -0.39 is 5.41 Å². The fourth-order valence-electron chi connectivity index (χ4n) is 1.01. The first-order valence-corrected chi connectivity index (χ1v) is 5.97. The molecule has 5 heteroatoms. The molecule has 0 aliphatic heterocycles. The molecule has 0 atom stereocenters. The summed E-state index contributed by atoms with van der Waals surface area (Å²) in [4.78, 5) is 23.3. The van der Waals surface area contributed by atoms with Crippen molar-refractivity contribution in [3.63, 3.8) is 0 Å². The van der Waals surface area contributed by atoms with Crippen LogP contribution in [-0.4, -0.2) is 11.8 Å². The fraction of sp³-hybridized carbons (Fsp3) is 0.333. The minimum absolute atomic E-state index is 0.238. The van der Waals surface area contributed by atoms with E-state index in [1.54, 1.807) is 39.0 Å². The monoisotopic (exact) mass is 298 g/mol. The molecular formula is C12H15BrN2O2. The maximum absolute atomic E-state index is 11.7. The molecular weight excluding hydrogens is 284 g/mol. The Morgan fingerprint density at radius 3 is 2.24 bits per heavy atom. The van der Waals surface area contributed by atoms with Gasteiger partial charge in [0.2, 0.25) is 5.91 Å². The summed E-state index contributed by atoms with van der Waals surface area (Å²) in [5.74, 6) is -0.590. The smallest absolute Gasteiger partial charge is 0.270 e. The van der Waals surface area contributed by atoms with Gasteiger partial charge in [0, 0.05) is 9.89 Å². The molecule has 0 heterocycles. The Kier molecular flexibility index (Phi) is 4.28. The zero-order valence-corrected chi connectivity index (χ0v) is 11.6. The highest BCUT2D eigenvalue weighted by molar-refractivity contribution is 9.10. The number of amides is 2. The molecule has 0 aliphatic carbocycles. The number of halogens is 1. The predicted molar refractivity (Wildman–Crippen MR) is 69.2 cm³/mol. The molecule has 2 amide bonds. The summed E-state index contributed by atoms with van der Waals surface area (Å²) in [5.41, 5.74) is 4.70. The number of carbonyl (C=O) groups excluding carboxylic acids is 2. The fourth-order valence-corrected chi connectivity index (χ4v) is 1.48. The van der Waals surface area contributed by atoms with E-state index in [4.69, 9.17) is 0 Å². The summed E-state index contributed by atoms with van der Waals surface area (Å²) in [6, 6.07) is 7.00. The van der Waals surface area contributed by atoms with Gasteiger partial charge in [0.15, 0.2) is 0 Å². The third-order valence-electron chi connectivity index (χ3n) is 2.09. The van der Waals surface area contributed by atoms with Crippen LogP contribution in [0, 0.1) is 5.41 Å². The SMILES string of the molecule is CC(C)(C)C(=O)NNC(=O)c1ccccc1Br. The third-order valence-corrected chi connectivity index (χ3v) is 2.78. The lowest BCUT2D eigenvalue weighted by Crippen LogP contribution is -2.46. The van der Waals surface area contributed by atoms with Gasteiger partial charge in [-0.15, -0.1) is 0 Å². The van der Waals surface area contributed by atoms with E-state index in [1.807, 2.05) is 6.07 Å². The molecule has 17 heavy (non-hydrogen) atoms. The summed E-state index contributed by atoms with van der Waals surface area (Å²) in [6.45, 7) is 5.31. The minimum atomic E-state index is -0.540. The second kappa shape index (κ2) is 5.31. The van der Waals surface area contributed by atoms with Crippen LogP contribution in [-0.2, 0) is 4.79 Å². The Hall–Kier alpha value is -1.36. The summed E-state index contributed by atoms with van der Waals surface area (Å²) < 4.78 is 0.683. The minimum Gasteiger partial charge on any atom is -0.273 e. The second-order valence-electron chi connectivity index (χ2n) is 4.64. The van der Waals surface area contributed by atoms with Crippen molar-refractivity contribution in [2.45, 2.75) is 20.8 Å². The van der Waals surface area contributed by atoms with Crippen molar-refractivity contribution < 1.29 is 9.59 Å². The molecule has 1 rings (SSSR count). The summed E-state index contributed by atoms with van der Waals surface area (Å²) in [7, 11) is 0. The number of hydrogen-bond donors (Lipinski definition) is 2. The molecule has 0 saturated heterocycles. The van der Waals surface area contributed by atoms with Gasteiger partial charge in [-0.25, -0.2) is 0 Å². The van der Waals surface area contributed by atoms with Gasteiger partial charge in [0.1, 0.15) is 0 Å². The highest BCUT2D eigenvalue weighted by Gasteiger charge is 2.21. The van der Waals surface area contributed by atoms with Crippen LogP contribution >= 0.6 is 15.9 Å². The van der Waals surface area contributed by atoms with Gasteiger partial charge in [-0.3, -0.25) is 20.4 Å². The maximum Gasteiger partial charge on any atom is 0.270 e. The number of nitrogens with one attached hydrogen (secondary N) is 2. The second-order valence-corrected chi connectivity index (χ2v) is 5.49. The molecule has 0 saturated carbocycles. The summed E-state index contributed by atoms with van der Waals surface area (Å²) in [5, 5.41) is 0. The van der Waals surface area contributed by atoms with Gasteiger partial charge in [-0.2, -0.15) is 0 Å².